The van der Waals surface area contributed by atoms with Gasteiger partial charge in [-0.15, -0.1) is 0 Å². The molecule has 1 saturated heterocycles. The Morgan fingerprint density at radius 1 is 1.18 bits per heavy atom. The van der Waals surface area contributed by atoms with Gasteiger partial charge in [0.2, 0.25) is 0 Å². The lowest BCUT2D eigenvalue weighted by atomic mass is 10.2. The number of thioether (sulfide) groups is 1. The van der Waals surface area contributed by atoms with Crippen LogP contribution in [0.2, 0.25) is 5.02 Å². The Labute approximate surface area is 177 Å². The Hall–Kier alpha value is -2.35. The lowest BCUT2D eigenvalue weighted by Gasteiger charge is -2.11. The molecule has 3 rings (SSSR count). The van der Waals surface area contributed by atoms with Crippen LogP contribution in [0.5, 0.6) is 5.75 Å². The highest BCUT2D eigenvalue weighted by molar-refractivity contribution is 8.26. The number of ether oxygens (including phenoxy) is 2. The summed E-state index contributed by atoms with van der Waals surface area (Å²) in [6, 6.07) is 14.8. The summed E-state index contributed by atoms with van der Waals surface area (Å²) in [6.45, 7) is 0.249. The molecule has 28 heavy (non-hydrogen) atoms. The van der Waals surface area contributed by atoms with Crippen LogP contribution in [0.25, 0.3) is 6.08 Å². The van der Waals surface area contributed by atoms with Crippen LogP contribution in [0.15, 0.2) is 53.4 Å². The Bertz CT molecular complexity index is 926. The fraction of sp³-hybridized carbons (Fsp3) is 0.150. The minimum atomic E-state index is -0.514. The third-order valence-corrected chi connectivity index (χ3v) is 5.51. The van der Waals surface area contributed by atoms with Gasteiger partial charge in [0.05, 0.1) is 12.0 Å². The molecule has 0 unspecified atom stereocenters. The number of carbonyl (C=O) groups is 2. The molecule has 0 spiro atoms. The van der Waals surface area contributed by atoms with Gasteiger partial charge in [0.25, 0.3) is 5.91 Å². The van der Waals surface area contributed by atoms with Crippen molar-refractivity contribution in [1.82, 2.24) is 4.90 Å². The van der Waals surface area contributed by atoms with Crippen molar-refractivity contribution < 1.29 is 19.1 Å². The molecule has 0 saturated carbocycles. The lowest BCUT2D eigenvalue weighted by Crippen LogP contribution is -2.33. The summed E-state index contributed by atoms with van der Waals surface area (Å²) in [6.07, 6.45) is 1.74. The predicted octanol–water partition coefficient (Wildman–Crippen LogP) is 4.29. The molecule has 1 aliphatic rings. The maximum Gasteiger partial charge on any atom is 0.325 e. The topological polar surface area (TPSA) is 55.8 Å². The van der Waals surface area contributed by atoms with Gasteiger partial charge in [-0.25, -0.2) is 0 Å². The third-order valence-electron chi connectivity index (χ3n) is 3.89. The van der Waals surface area contributed by atoms with Gasteiger partial charge in [0.1, 0.15) is 23.2 Å². The summed E-state index contributed by atoms with van der Waals surface area (Å²) >= 11 is 12.2. The molecule has 1 fully saturated rings. The molecule has 0 N–H and O–H groups in total. The second-order valence-electron chi connectivity index (χ2n) is 5.83. The predicted molar refractivity (Wildman–Crippen MR) is 114 cm³/mol. The van der Waals surface area contributed by atoms with Gasteiger partial charge >= 0.3 is 5.97 Å². The Balaban J connectivity index is 1.63. The van der Waals surface area contributed by atoms with Crippen molar-refractivity contribution in [2.45, 2.75) is 6.61 Å². The third kappa shape index (κ3) is 5.13. The smallest absolute Gasteiger partial charge is 0.325 e. The first-order valence-electron chi connectivity index (χ1n) is 8.26. The van der Waals surface area contributed by atoms with Gasteiger partial charge in [-0.1, -0.05) is 59.8 Å². The fourth-order valence-corrected chi connectivity index (χ4v) is 3.77. The van der Waals surface area contributed by atoms with E-state index in [-0.39, 0.29) is 12.5 Å². The maximum atomic E-state index is 12.4. The first-order chi connectivity index (χ1) is 13.5. The summed E-state index contributed by atoms with van der Waals surface area (Å²) in [4.78, 5) is 25.5. The van der Waals surface area contributed by atoms with Crippen LogP contribution in [0, 0.1) is 0 Å². The van der Waals surface area contributed by atoms with E-state index in [0.717, 1.165) is 22.9 Å². The number of rotatable bonds is 6. The van der Waals surface area contributed by atoms with Crippen molar-refractivity contribution in [1.29, 1.82) is 0 Å². The van der Waals surface area contributed by atoms with Gasteiger partial charge in [0.15, 0.2) is 0 Å². The zero-order chi connectivity index (χ0) is 20.1. The molecular weight excluding hydrogens is 418 g/mol. The standard InChI is InChI=1S/C20H16ClNO4S2/c1-25-18(23)11-22-19(24)17(28-20(22)27)10-13-4-8-16(9-5-13)26-12-14-2-6-15(21)7-3-14/h2-10H,11-12H2,1H3/b17-10-. The van der Waals surface area contributed by atoms with E-state index in [9.17, 15) is 9.59 Å². The largest absolute Gasteiger partial charge is 0.489 e. The second kappa shape index (κ2) is 9.23. The zero-order valence-electron chi connectivity index (χ0n) is 14.9. The molecular formula is C20H16ClNO4S2. The monoisotopic (exact) mass is 433 g/mol. The van der Waals surface area contributed by atoms with Crippen LogP contribution < -0.4 is 4.74 Å². The number of methoxy groups -OCH3 is 1. The van der Waals surface area contributed by atoms with E-state index in [1.54, 1.807) is 6.08 Å². The van der Waals surface area contributed by atoms with Crippen LogP contribution in [-0.2, 0) is 20.9 Å². The normalized spacial score (nSPS) is 15.2. The van der Waals surface area contributed by atoms with Crippen LogP contribution in [0.1, 0.15) is 11.1 Å². The molecule has 1 amide bonds. The van der Waals surface area contributed by atoms with E-state index in [0.29, 0.717) is 26.6 Å². The number of thiocarbonyl (C=S) groups is 1. The van der Waals surface area contributed by atoms with E-state index in [2.05, 4.69) is 4.74 Å². The van der Waals surface area contributed by atoms with E-state index < -0.39 is 5.97 Å². The van der Waals surface area contributed by atoms with Gasteiger partial charge in [0, 0.05) is 5.02 Å². The molecule has 2 aromatic rings. The van der Waals surface area contributed by atoms with Gasteiger partial charge < -0.3 is 9.47 Å². The van der Waals surface area contributed by atoms with Crippen molar-refractivity contribution in [3.05, 3.63) is 69.6 Å². The molecule has 5 nitrogen and oxygen atoms in total. The van der Waals surface area contributed by atoms with Crippen LogP contribution in [-0.4, -0.2) is 34.8 Å². The molecule has 0 bridgehead atoms. The number of halogens is 1. The van der Waals surface area contributed by atoms with Crippen molar-refractivity contribution in [3.8, 4) is 5.75 Å². The summed E-state index contributed by atoms with van der Waals surface area (Å²) in [5.41, 5.74) is 1.85. The van der Waals surface area contributed by atoms with Crippen molar-refractivity contribution in [2.75, 3.05) is 13.7 Å². The summed E-state index contributed by atoms with van der Waals surface area (Å²) in [5, 5.41) is 0.685. The van der Waals surface area contributed by atoms with Crippen molar-refractivity contribution in [3.63, 3.8) is 0 Å². The highest BCUT2D eigenvalue weighted by Gasteiger charge is 2.33. The molecule has 1 heterocycles. The molecule has 8 heteroatoms. The van der Waals surface area contributed by atoms with E-state index >= 15 is 0 Å². The first-order valence-corrected chi connectivity index (χ1v) is 9.86. The first kappa shape index (κ1) is 20.4. The number of nitrogens with zero attached hydrogens (tertiary/aromatic N) is 1. The van der Waals surface area contributed by atoms with Crippen LogP contribution in [0.4, 0.5) is 0 Å². The number of hydrogen-bond acceptors (Lipinski definition) is 6. The number of carbonyl (C=O) groups excluding carboxylic acids is 2. The Morgan fingerprint density at radius 2 is 1.86 bits per heavy atom. The highest BCUT2D eigenvalue weighted by atomic mass is 35.5. The summed E-state index contributed by atoms with van der Waals surface area (Å²) in [7, 11) is 1.27. The van der Waals surface area contributed by atoms with Crippen molar-refractivity contribution in [2.24, 2.45) is 0 Å². The van der Waals surface area contributed by atoms with Crippen molar-refractivity contribution >= 4 is 57.9 Å². The molecule has 0 radical (unpaired) electrons. The van der Waals surface area contributed by atoms with E-state index in [1.165, 1.54) is 12.0 Å². The van der Waals surface area contributed by atoms with Gasteiger partial charge in [-0.2, -0.15) is 0 Å². The van der Waals surface area contributed by atoms with Gasteiger partial charge in [-0.3, -0.25) is 14.5 Å². The molecule has 1 aliphatic heterocycles. The Morgan fingerprint density at radius 3 is 2.50 bits per heavy atom. The highest BCUT2D eigenvalue weighted by Crippen LogP contribution is 2.32. The molecule has 2 aromatic carbocycles. The number of esters is 1. The number of hydrogen-bond donors (Lipinski definition) is 0. The van der Waals surface area contributed by atoms with Crippen LogP contribution >= 0.6 is 35.6 Å². The second-order valence-corrected chi connectivity index (χ2v) is 7.94. The van der Waals surface area contributed by atoms with E-state index in [1.807, 2.05) is 48.5 Å². The van der Waals surface area contributed by atoms with Gasteiger partial charge in [-0.05, 0) is 41.5 Å². The summed E-state index contributed by atoms with van der Waals surface area (Å²) in [5.74, 6) is -0.103. The lowest BCUT2D eigenvalue weighted by molar-refractivity contribution is -0.143. The fourth-order valence-electron chi connectivity index (χ4n) is 2.39. The summed E-state index contributed by atoms with van der Waals surface area (Å²) < 4.78 is 10.7. The maximum absolute atomic E-state index is 12.4. The average Bonchev–Trinajstić information content (AvgIpc) is 2.96. The minimum absolute atomic E-state index is 0.185. The SMILES string of the molecule is COC(=O)CN1C(=O)/C(=C/c2ccc(OCc3ccc(Cl)cc3)cc2)SC1=S. The zero-order valence-corrected chi connectivity index (χ0v) is 17.3. The molecule has 0 atom stereocenters. The number of benzene rings is 2. The minimum Gasteiger partial charge on any atom is -0.489 e. The molecule has 144 valence electrons. The molecule has 0 aromatic heterocycles. The van der Waals surface area contributed by atoms with Crippen LogP contribution in [0.3, 0.4) is 0 Å². The quantitative estimate of drug-likeness (QED) is 0.384. The van der Waals surface area contributed by atoms with E-state index in [4.69, 9.17) is 28.6 Å². The Kier molecular flexibility index (Phi) is 6.72. The molecule has 0 aliphatic carbocycles. The average molecular weight is 434 g/mol. The number of amides is 1.